The second-order valence-corrected chi connectivity index (χ2v) is 6.39. The molecule has 18 heavy (non-hydrogen) atoms. The monoisotopic (exact) mass is 267 g/mol. The molecular weight excluding hydrogens is 250 g/mol. The Hall–Kier alpha value is -1.49. The number of para-hydroxylation sites is 1. The molecule has 98 valence electrons. The summed E-state index contributed by atoms with van der Waals surface area (Å²) in [7, 11) is 0. The molecule has 1 atom stereocenters. The van der Waals surface area contributed by atoms with Gasteiger partial charge in [0.15, 0.2) is 0 Å². The van der Waals surface area contributed by atoms with Crippen LogP contribution in [0.5, 0.6) is 0 Å². The molecule has 2 N–H and O–H groups in total. The molecule has 0 aliphatic carbocycles. The zero-order valence-corrected chi connectivity index (χ0v) is 11.5. The Bertz CT molecular complexity index is 431. The number of hydrogen-bond acceptors (Lipinski definition) is 3. The van der Waals surface area contributed by atoms with Crippen molar-refractivity contribution < 1.29 is 14.7 Å². The fourth-order valence-corrected chi connectivity index (χ4v) is 2.46. The van der Waals surface area contributed by atoms with Gasteiger partial charge in [-0.3, -0.25) is 9.59 Å². The summed E-state index contributed by atoms with van der Waals surface area (Å²) < 4.78 is -0.979. The summed E-state index contributed by atoms with van der Waals surface area (Å²) in [6, 6.07) is 9.10. The van der Waals surface area contributed by atoms with Gasteiger partial charge in [0, 0.05) is 5.69 Å². The number of carbonyl (C=O) groups excluding carboxylic acids is 1. The van der Waals surface area contributed by atoms with Gasteiger partial charge in [0.25, 0.3) is 0 Å². The summed E-state index contributed by atoms with van der Waals surface area (Å²) in [4.78, 5) is 22.9. The zero-order valence-electron chi connectivity index (χ0n) is 10.6. The van der Waals surface area contributed by atoms with E-state index in [4.69, 9.17) is 5.11 Å². The second-order valence-electron chi connectivity index (χ2n) is 4.43. The molecule has 0 bridgehead atoms. The Labute approximate surface area is 111 Å². The van der Waals surface area contributed by atoms with Gasteiger partial charge >= 0.3 is 5.97 Å². The van der Waals surface area contributed by atoms with Crippen LogP contribution >= 0.6 is 11.8 Å². The van der Waals surface area contributed by atoms with E-state index in [0.717, 1.165) is 11.8 Å². The summed E-state index contributed by atoms with van der Waals surface area (Å²) in [5.41, 5.74) is 0.711. The highest BCUT2D eigenvalue weighted by molar-refractivity contribution is 8.02. The molecule has 1 unspecified atom stereocenters. The maximum atomic E-state index is 11.9. The number of hydrogen-bond donors (Lipinski definition) is 2. The average molecular weight is 267 g/mol. The van der Waals surface area contributed by atoms with Gasteiger partial charge < -0.3 is 10.4 Å². The third-order valence-corrected chi connectivity index (χ3v) is 3.73. The van der Waals surface area contributed by atoms with Crippen molar-refractivity contribution in [2.24, 2.45) is 0 Å². The summed E-state index contributed by atoms with van der Waals surface area (Å²) in [5, 5.41) is 11.3. The summed E-state index contributed by atoms with van der Waals surface area (Å²) in [6.07, 6.45) is 0. The molecule has 1 amide bonds. The first-order chi connectivity index (χ1) is 8.33. The first kappa shape index (κ1) is 14.6. The largest absolute Gasteiger partial charge is 0.480 e. The molecule has 0 radical (unpaired) electrons. The topological polar surface area (TPSA) is 66.4 Å². The predicted molar refractivity (Wildman–Crippen MR) is 73.8 cm³/mol. The predicted octanol–water partition coefficient (Wildman–Crippen LogP) is 2.61. The molecule has 1 aromatic carbocycles. The van der Waals surface area contributed by atoms with Gasteiger partial charge in [-0.15, -0.1) is 11.8 Å². The van der Waals surface area contributed by atoms with Crippen LogP contribution in [-0.2, 0) is 9.59 Å². The van der Waals surface area contributed by atoms with Crippen LogP contribution in [0, 0.1) is 0 Å². The van der Waals surface area contributed by atoms with E-state index >= 15 is 0 Å². The van der Waals surface area contributed by atoms with Gasteiger partial charge in [0.1, 0.15) is 4.75 Å². The van der Waals surface area contributed by atoms with E-state index in [1.54, 1.807) is 32.9 Å². The Kier molecular flexibility index (Phi) is 4.78. The number of amides is 1. The minimum absolute atomic E-state index is 0.194. The van der Waals surface area contributed by atoms with Crippen molar-refractivity contribution in [3.8, 4) is 0 Å². The highest BCUT2D eigenvalue weighted by Gasteiger charge is 2.32. The number of thioether (sulfide) groups is 1. The minimum atomic E-state index is -0.979. The number of rotatable bonds is 5. The smallest absolute Gasteiger partial charge is 0.319 e. The fourth-order valence-electron chi connectivity index (χ4n) is 1.31. The minimum Gasteiger partial charge on any atom is -0.480 e. The third-order valence-electron chi connectivity index (χ3n) is 2.40. The average Bonchev–Trinajstić information content (AvgIpc) is 2.29. The number of benzene rings is 1. The van der Waals surface area contributed by atoms with E-state index < -0.39 is 16.0 Å². The Morgan fingerprint density at radius 1 is 1.28 bits per heavy atom. The molecule has 0 heterocycles. The number of carboxylic acids is 1. The van der Waals surface area contributed by atoms with E-state index in [1.807, 2.05) is 18.2 Å². The zero-order chi connectivity index (χ0) is 13.8. The van der Waals surface area contributed by atoms with Gasteiger partial charge in [-0.25, -0.2) is 0 Å². The summed E-state index contributed by atoms with van der Waals surface area (Å²) >= 11 is 1.13. The van der Waals surface area contributed by atoms with Gasteiger partial charge in [-0.05, 0) is 32.9 Å². The van der Waals surface area contributed by atoms with Crippen LogP contribution in [0.4, 0.5) is 5.69 Å². The molecule has 0 aromatic heterocycles. The normalized spacial score (nSPS) is 12.8. The van der Waals surface area contributed by atoms with Crippen molar-refractivity contribution in [1.29, 1.82) is 0 Å². The molecule has 1 rings (SSSR count). The molecule has 0 fully saturated rings. The number of carboxylic acid groups (broad SMARTS) is 1. The Morgan fingerprint density at radius 3 is 2.33 bits per heavy atom. The highest BCUT2D eigenvalue weighted by Crippen LogP contribution is 2.29. The van der Waals surface area contributed by atoms with Gasteiger partial charge in [-0.1, -0.05) is 18.2 Å². The third kappa shape index (κ3) is 4.07. The highest BCUT2D eigenvalue weighted by atomic mass is 32.2. The molecule has 5 heteroatoms. The van der Waals surface area contributed by atoms with Crippen molar-refractivity contribution in [1.82, 2.24) is 0 Å². The lowest BCUT2D eigenvalue weighted by atomic mass is 10.2. The molecule has 0 aliphatic heterocycles. The summed E-state index contributed by atoms with van der Waals surface area (Å²) in [5.74, 6) is -1.12. The lowest BCUT2D eigenvalue weighted by molar-refractivity contribution is -0.138. The van der Waals surface area contributed by atoms with E-state index in [-0.39, 0.29) is 5.91 Å². The van der Waals surface area contributed by atoms with Crippen LogP contribution in [0.2, 0.25) is 0 Å². The van der Waals surface area contributed by atoms with Crippen molar-refractivity contribution in [2.75, 3.05) is 5.32 Å². The number of nitrogens with one attached hydrogen (secondary N) is 1. The quantitative estimate of drug-likeness (QED) is 0.860. The first-order valence-electron chi connectivity index (χ1n) is 5.60. The van der Waals surface area contributed by atoms with E-state index in [2.05, 4.69) is 5.32 Å². The summed E-state index contributed by atoms with van der Waals surface area (Å²) in [6.45, 7) is 4.88. The number of carbonyl (C=O) groups is 2. The molecular formula is C13H17NO3S. The van der Waals surface area contributed by atoms with Crippen LogP contribution in [0.3, 0.4) is 0 Å². The van der Waals surface area contributed by atoms with E-state index in [0.29, 0.717) is 5.69 Å². The van der Waals surface area contributed by atoms with Crippen molar-refractivity contribution in [3.63, 3.8) is 0 Å². The Balaban J connectivity index is 2.60. The molecule has 0 aliphatic rings. The maximum absolute atomic E-state index is 11.9. The lowest BCUT2D eigenvalue weighted by Gasteiger charge is -2.22. The molecule has 1 aromatic rings. The number of aliphatic carboxylic acids is 1. The van der Waals surface area contributed by atoms with E-state index in [9.17, 15) is 9.59 Å². The Morgan fingerprint density at radius 2 is 1.83 bits per heavy atom. The number of anilines is 1. The van der Waals surface area contributed by atoms with Crippen molar-refractivity contribution in [3.05, 3.63) is 30.3 Å². The van der Waals surface area contributed by atoms with Crippen LogP contribution < -0.4 is 5.32 Å². The van der Waals surface area contributed by atoms with Crippen LogP contribution in [0.1, 0.15) is 20.8 Å². The fraction of sp³-hybridized carbons (Fsp3) is 0.385. The second kappa shape index (κ2) is 5.91. The first-order valence-corrected chi connectivity index (χ1v) is 6.48. The molecule has 4 nitrogen and oxygen atoms in total. The lowest BCUT2D eigenvalue weighted by Crippen LogP contribution is -2.33. The van der Waals surface area contributed by atoms with Gasteiger partial charge in [0.05, 0.1) is 5.25 Å². The van der Waals surface area contributed by atoms with Crippen LogP contribution in [0.25, 0.3) is 0 Å². The van der Waals surface area contributed by atoms with Crippen LogP contribution in [0.15, 0.2) is 30.3 Å². The van der Waals surface area contributed by atoms with Gasteiger partial charge in [0.2, 0.25) is 5.91 Å². The SMILES string of the molecule is CC(SC(C)(C)C(=O)O)C(=O)Nc1ccccc1. The van der Waals surface area contributed by atoms with Crippen molar-refractivity contribution in [2.45, 2.75) is 30.8 Å². The molecule has 0 saturated heterocycles. The molecule has 0 saturated carbocycles. The van der Waals surface area contributed by atoms with Gasteiger partial charge in [-0.2, -0.15) is 0 Å². The van der Waals surface area contributed by atoms with E-state index in [1.165, 1.54) is 0 Å². The standard InChI is InChI=1S/C13H17NO3S/c1-9(18-13(2,3)12(16)17)11(15)14-10-7-5-4-6-8-10/h4-9H,1-3H3,(H,14,15)(H,16,17). The maximum Gasteiger partial charge on any atom is 0.319 e. The van der Waals surface area contributed by atoms with Crippen molar-refractivity contribution >= 4 is 29.3 Å². The van der Waals surface area contributed by atoms with Crippen LogP contribution in [-0.4, -0.2) is 27.0 Å². The molecule has 0 spiro atoms.